The summed E-state index contributed by atoms with van der Waals surface area (Å²) in [5.41, 5.74) is 0. The monoisotopic (exact) mass is 1370 g/mol. The molecule has 0 aliphatic carbocycles. The molecule has 0 aromatic heterocycles. The smallest absolute Gasteiger partial charge is 0.462 e. The average molecular weight is 1370 g/mol. The zero-order chi connectivity index (χ0) is 68.9. The number of unbranched alkanes of at least 4 members (excludes halogenated alkanes) is 35. The van der Waals surface area contributed by atoms with Crippen LogP contribution in [0.5, 0.6) is 0 Å². The summed E-state index contributed by atoms with van der Waals surface area (Å²) in [5, 5.41) is 10.6. The van der Waals surface area contributed by atoms with Crippen LogP contribution in [0, 0.1) is 23.7 Å². The Bertz CT molecular complexity index is 1840. The molecule has 0 aromatic carbocycles. The average Bonchev–Trinajstić information content (AvgIpc) is 2.27. The van der Waals surface area contributed by atoms with Gasteiger partial charge in [-0.2, -0.15) is 0 Å². The fourth-order valence-electron chi connectivity index (χ4n) is 11.1. The van der Waals surface area contributed by atoms with Crippen LogP contribution in [0.2, 0.25) is 0 Å². The Hall–Kier alpha value is -1.94. The third-order valence-corrected chi connectivity index (χ3v) is 19.7. The van der Waals surface area contributed by atoms with Crippen molar-refractivity contribution in [3.05, 3.63) is 0 Å². The molecule has 0 heterocycles. The van der Waals surface area contributed by atoms with E-state index in [1.54, 1.807) is 0 Å². The van der Waals surface area contributed by atoms with Crippen molar-refractivity contribution in [2.24, 2.45) is 23.7 Å². The van der Waals surface area contributed by atoms with Crippen molar-refractivity contribution in [2.45, 2.75) is 388 Å². The van der Waals surface area contributed by atoms with Crippen molar-refractivity contribution >= 4 is 39.5 Å². The van der Waals surface area contributed by atoms with Gasteiger partial charge in [-0.1, -0.05) is 319 Å². The summed E-state index contributed by atoms with van der Waals surface area (Å²) in [6.45, 7) is 14.1. The van der Waals surface area contributed by atoms with E-state index >= 15 is 0 Å². The minimum Gasteiger partial charge on any atom is -0.462 e. The van der Waals surface area contributed by atoms with Gasteiger partial charge in [0.05, 0.1) is 26.4 Å². The van der Waals surface area contributed by atoms with E-state index in [0.29, 0.717) is 37.5 Å². The van der Waals surface area contributed by atoms with Crippen molar-refractivity contribution in [1.29, 1.82) is 0 Å². The number of ether oxygens (including phenoxy) is 4. The quantitative estimate of drug-likeness (QED) is 0.0222. The highest BCUT2D eigenvalue weighted by Crippen LogP contribution is 2.45. The molecule has 0 rings (SSSR count). The second kappa shape index (κ2) is 63.5. The van der Waals surface area contributed by atoms with Crippen molar-refractivity contribution in [2.75, 3.05) is 39.6 Å². The molecule has 7 atom stereocenters. The van der Waals surface area contributed by atoms with Crippen LogP contribution in [0.25, 0.3) is 0 Å². The standard InChI is InChI=1S/C74H144O17P2/c1-9-66(7)52-44-36-27-21-19-17-15-13-11-12-14-16-18-20-22-29-38-46-54-71(76)84-60-69(90-73(78)56-48-40-30-24-23-28-37-45-53-67(8)10-2)62-88-92(80,81)86-58-68(75)59-87-93(82,83)89-63-70(61-85-72(77)55-47-39-33-32-35-43-51-65(5)6)91-74(79)57-49-41-31-25-26-34-42-50-64(3)4/h64-70,75H,9-63H2,1-8H3,(H,80,81)(H,82,83)/t66?,67?,68-,69-,70-/m1/s1. The van der Waals surface area contributed by atoms with Crippen molar-refractivity contribution in [3.8, 4) is 0 Å². The van der Waals surface area contributed by atoms with Gasteiger partial charge < -0.3 is 33.8 Å². The van der Waals surface area contributed by atoms with Gasteiger partial charge in [-0.05, 0) is 49.4 Å². The third-order valence-electron chi connectivity index (χ3n) is 17.8. The number of hydrogen-bond acceptors (Lipinski definition) is 15. The molecular formula is C74H144O17P2. The molecule has 0 radical (unpaired) electrons. The predicted octanol–water partition coefficient (Wildman–Crippen LogP) is 21.3. The van der Waals surface area contributed by atoms with Gasteiger partial charge in [-0.25, -0.2) is 9.13 Å². The van der Waals surface area contributed by atoms with Crippen LogP contribution in [0.15, 0.2) is 0 Å². The number of aliphatic hydroxyl groups is 1. The van der Waals surface area contributed by atoms with Gasteiger partial charge in [-0.15, -0.1) is 0 Å². The highest BCUT2D eigenvalue weighted by molar-refractivity contribution is 7.47. The normalized spacial score (nSPS) is 14.8. The van der Waals surface area contributed by atoms with E-state index in [4.69, 9.17) is 37.0 Å². The number of hydrogen-bond donors (Lipinski definition) is 3. The van der Waals surface area contributed by atoms with E-state index in [-0.39, 0.29) is 25.7 Å². The number of carbonyl (C=O) groups is 4. The number of rotatable bonds is 71. The highest BCUT2D eigenvalue weighted by atomic mass is 31.2. The fraction of sp³-hybridized carbons (Fsp3) is 0.946. The van der Waals surface area contributed by atoms with Gasteiger partial charge >= 0.3 is 39.5 Å². The Morgan fingerprint density at radius 1 is 0.301 bits per heavy atom. The fourth-order valence-corrected chi connectivity index (χ4v) is 12.7. The van der Waals surface area contributed by atoms with Gasteiger partial charge in [0.1, 0.15) is 19.3 Å². The molecule has 93 heavy (non-hydrogen) atoms. The topological polar surface area (TPSA) is 237 Å². The molecule has 19 heteroatoms. The van der Waals surface area contributed by atoms with E-state index in [1.165, 1.54) is 167 Å². The Morgan fingerprint density at radius 2 is 0.516 bits per heavy atom. The molecule has 0 aliphatic heterocycles. The molecule has 17 nitrogen and oxygen atoms in total. The van der Waals surface area contributed by atoms with Crippen molar-refractivity contribution in [3.63, 3.8) is 0 Å². The summed E-state index contributed by atoms with van der Waals surface area (Å²) in [6, 6.07) is 0. The number of carbonyl (C=O) groups excluding carboxylic acids is 4. The Balaban J connectivity index is 5.14. The summed E-state index contributed by atoms with van der Waals surface area (Å²) < 4.78 is 68.3. The lowest BCUT2D eigenvalue weighted by molar-refractivity contribution is -0.161. The number of esters is 4. The van der Waals surface area contributed by atoms with Crippen LogP contribution < -0.4 is 0 Å². The molecule has 0 spiro atoms. The first-order valence-corrected chi connectivity index (χ1v) is 41.3. The van der Waals surface area contributed by atoms with Crippen LogP contribution in [0.4, 0.5) is 0 Å². The van der Waals surface area contributed by atoms with Gasteiger partial charge in [0, 0.05) is 25.7 Å². The van der Waals surface area contributed by atoms with Crippen LogP contribution in [0.3, 0.4) is 0 Å². The van der Waals surface area contributed by atoms with E-state index in [9.17, 15) is 43.2 Å². The Morgan fingerprint density at radius 3 is 0.763 bits per heavy atom. The van der Waals surface area contributed by atoms with Crippen LogP contribution >= 0.6 is 15.6 Å². The second-order valence-electron chi connectivity index (χ2n) is 28.1. The molecule has 4 unspecified atom stereocenters. The number of phosphoric acid groups is 2. The van der Waals surface area contributed by atoms with Gasteiger partial charge in [0.15, 0.2) is 12.2 Å². The largest absolute Gasteiger partial charge is 0.472 e. The van der Waals surface area contributed by atoms with Gasteiger partial charge in [0.25, 0.3) is 0 Å². The SMILES string of the molecule is CCC(C)CCCCCCCCCCCCCCCCCCCCC(=O)OC[C@H](COP(=O)(O)OC[C@@H](O)COP(=O)(O)OC[C@@H](COC(=O)CCCCCCCCC(C)C)OC(=O)CCCCCCCCCC(C)C)OC(=O)CCCCCCCCCCC(C)CC. The lowest BCUT2D eigenvalue weighted by atomic mass is 9.99. The molecule has 0 saturated carbocycles. The first-order valence-electron chi connectivity index (χ1n) is 38.3. The van der Waals surface area contributed by atoms with Crippen molar-refractivity contribution < 1.29 is 80.2 Å². The van der Waals surface area contributed by atoms with Gasteiger partial charge in [0.2, 0.25) is 0 Å². The second-order valence-corrected chi connectivity index (χ2v) is 31.0. The van der Waals surface area contributed by atoms with Crippen molar-refractivity contribution in [1.82, 2.24) is 0 Å². The zero-order valence-electron chi connectivity index (χ0n) is 60.9. The predicted molar refractivity (Wildman–Crippen MR) is 377 cm³/mol. The Kier molecular flexibility index (Phi) is 62.2. The number of phosphoric ester groups is 2. The lowest BCUT2D eigenvalue weighted by Gasteiger charge is -2.21. The molecule has 0 fully saturated rings. The minimum atomic E-state index is -4.96. The van der Waals surface area contributed by atoms with E-state index in [2.05, 4.69) is 55.4 Å². The summed E-state index contributed by atoms with van der Waals surface area (Å²) in [7, 11) is -9.90. The highest BCUT2D eigenvalue weighted by Gasteiger charge is 2.30. The molecule has 0 amide bonds. The molecule has 552 valence electrons. The van der Waals surface area contributed by atoms with E-state index < -0.39 is 97.5 Å². The summed E-state index contributed by atoms with van der Waals surface area (Å²) in [4.78, 5) is 72.6. The third kappa shape index (κ3) is 65.8. The minimum absolute atomic E-state index is 0.102. The molecule has 0 saturated heterocycles. The Labute approximate surface area is 568 Å². The number of aliphatic hydroxyl groups excluding tert-OH is 1. The first-order chi connectivity index (χ1) is 44.7. The maximum atomic E-state index is 13.0. The maximum absolute atomic E-state index is 13.0. The summed E-state index contributed by atoms with van der Waals surface area (Å²) in [6.07, 6.45) is 47.6. The molecule has 3 N–H and O–H groups in total. The summed E-state index contributed by atoms with van der Waals surface area (Å²) >= 11 is 0. The van der Waals surface area contributed by atoms with E-state index in [0.717, 1.165) is 108 Å². The molecule has 0 aromatic rings. The molecular weight excluding hydrogens is 1220 g/mol. The molecule has 0 aliphatic rings. The summed E-state index contributed by atoms with van der Waals surface area (Å²) in [5.74, 6) is 0.887. The van der Waals surface area contributed by atoms with Gasteiger partial charge in [-0.3, -0.25) is 37.3 Å². The van der Waals surface area contributed by atoms with Crippen LogP contribution in [-0.4, -0.2) is 96.7 Å². The zero-order valence-corrected chi connectivity index (χ0v) is 62.7. The molecule has 0 bridgehead atoms. The van der Waals surface area contributed by atoms with E-state index in [1.807, 2.05) is 0 Å². The van der Waals surface area contributed by atoms with Crippen LogP contribution in [-0.2, 0) is 65.4 Å². The lowest BCUT2D eigenvalue weighted by Crippen LogP contribution is -2.30. The van der Waals surface area contributed by atoms with Crippen LogP contribution in [0.1, 0.15) is 370 Å². The maximum Gasteiger partial charge on any atom is 0.472 e. The first kappa shape index (κ1) is 91.1.